The van der Waals surface area contributed by atoms with E-state index in [1.54, 1.807) is 0 Å². The summed E-state index contributed by atoms with van der Waals surface area (Å²) in [4.78, 5) is 27.7. The van der Waals surface area contributed by atoms with Gasteiger partial charge in [-0.3, -0.25) is 4.79 Å². The minimum atomic E-state index is -0.656. The molecular weight excluding hydrogens is 326 g/mol. The van der Waals surface area contributed by atoms with Gasteiger partial charge in [-0.2, -0.15) is 0 Å². The van der Waals surface area contributed by atoms with Gasteiger partial charge in [0.1, 0.15) is 5.60 Å². The SMILES string of the molecule is CC(C)[C@@H]1N(C(=O)[C@H]2[C@H](c3ccccc3)[C@@H]3C=C[C@H]2C3)C(=O)OC1(C)C. The largest absolute Gasteiger partial charge is 0.441 e. The van der Waals surface area contributed by atoms with Crippen molar-refractivity contribution in [3.8, 4) is 0 Å². The first kappa shape index (κ1) is 17.3. The molecule has 138 valence electrons. The van der Waals surface area contributed by atoms with Crippen LogP contribution in [0.5, 0.6) is 0 Å². The van der Waals surface area contributed by atoms with Gasteiger partial charge in [-0.05, 0) is 43.6 Å². The molecule has 1 aromatic carbocycles. The quantitative estimate of drug-likeness (QED) is 0.758. The average Bonchev–Trinajstić information content (AvgIpc) is 3.25. The molecule has 2 amide bonds. The number of fused-ring (bicyclic) bond motifs is 2. The standard InChI is InChI=1S/C22H27NO3/c1-13(2)19-22(3,4)26-21(25)23(19)20(24)18-16-11-10-15(12-16)17(18)14-8-6-5-7-9-14/h5-11,13,15-19H,12H2,1-4H3/t15-,16+,17-,18-,19+/m1/s1. The van der Waals surface area contributed by atoms with Crippen molar-refractivity contribution in [2.24, 2.45) is 23.7 Å². The van der Waals surface area contributed by atoms with Crippen LogP contribution in [0.3, 0.4) is 0 Å². The summed E-state index contributed by atoms with van der Waals surface area (Å²) >= 11 is 0. The van der Waals surface area contributed by atoms with E-state index in [1.807, 2.05) is 45.9 Å². The molecule has 0 N–H and O–H groups in total. The van der Waals surface area contributed by atoms with Crippen molar-refractivity contribution in [3.63, 3.8) is 0 Å². The van der Waals surface area contributed by atoms with Gasteiger partial charge in [-0.15, -0.1) is 0 Å². The van der Waals surface area contributed by atoms with E-state index in [-0.39, 0.29) is 35.6 Å². The number of carbonyl (C=O) groups is 2. The predicted molar refractivity (Wildman–Crippen MR) is 99.4 cm³/mol. The van der Waals surface area contributed by atoms with E-state index in [0.29, 0.717) is 5.92 Å². The first-order valence-corrected chi connectivity index (χ1v) is 9.60. The summed E-state index contributed by atoms with van der Waals surface area (Å²) in [5.41, 5.74) is 0.534. The van der Waals surface area contributed by atoms with Crippen LogP contribution < -0.4 is 0 Å². The number of benzene rings is 1. The first-order chi connectivity index (χ1) is 12.3. The van der Waals surface area contributed by atoms with Crippen molar-refractivity contribution in [2.45, 2.75) is 51.7 Å². The second-order valence-corrected chi connectivity index (χ2v) is 8.78. The molecular formula is C22H27NO3. The Bertz CT molecular complexity index is 752. The summed E-state index contributed by atoms with van der Waals surface area (Å²) < 4.78 is 5.59. The van der Waals surface area contributed by atoms with Crippen LogP contribution in [0.1, 0.15) is 45.6 Å². The first-order valence-electron chi connectivity index (χ1n) is 9.60. The molecule has 1 aromatic rings. The summed E-state index contributed by atoms with van der Waals surface area (Å²) in [5.74, 6) is 0.621. The van der Waals surface area contributed by atoms with Gasteiger partial charge < -0.3 is 4.74 Å². The number of rotatable bonds is 3. The number of amides is 2. The van der Waals surface area contributed by atoms with Crippen LogP contribution in [0.2, 0.25) is 0 Å². The minimum absolute atomic E-state index is 0.0648. The highest BCUT2D eigenvalue weighted by molar-refractivity contribution is 5.96. The van der Waals surface area contributed by atoms with Gasteiger partial charge in [0.15, 0.2) is 0 Å². The molecule has 2 fully saturated rings. The Morgan fingerprint density at radius 1 is 1.15 bits per heavy atom. The molecule has 2 bridgehead atoms. The molecule has 26 heavy (non-hydrogen) atoms. The van der Waals surface area contributed by atoms with Crippen LogP contribution in [0.25, 0.3) is 0 Å². The lowest BCUT2D eigenvalue weighted by Crippen LogP contribution is -2.51. The summed E-state index contributed by atoms with van der Waals surface area (Å²) in [6.45, 7) is 7.89. The lowest BCUT2D eigenvalue weighted by molar-refractivity contribution is -0.136. The Labute approximate surface area is 155 Å². The van der Waals surface area contributed by atoms with E-state index in [2.05, 4.69) is 24.3 Å². The lowest BCUT2D eigenvalue weighted by Gasteiger charge is -2.35. The Hall–Kier alpha value is -2.10. The van der Waals surface area contributed by atoms with Crippen molar-refractivity contribution in [2.75, 3.05) is 0 Å². The number of hydrogen-bond donors (Lipinski definition) is 0. The van der Waals surface area contributed by atoms with Gasteiger partial charge in [0.2, 0.25) is 5.91 Å². The van der Waals surface area contributed by atoms with Gasteiger partial charge in [-0.1, -0.05) is 56.3 Å². The number of ether oxygens (including phenoxy) is 1. The average molecular weight is 353 g/mol. The molecule has 1 heterocycles. The van der Waals surface area contributed by atoms with E-state index < -0.39 is 11.7 Å². The molecule has 4 heteroatoms. The van der Waals surface area contributed by atoms with E-state index in [1.165, 1.54) is 10.5 Å². The van der Waals surface area contributed by atoms with E-state index in [0.717, 1.165) is 6.42 Å². The highest BCUT2D eigenvalue weighted by Gasteiger charge is 2.57. The molecule has 5 atom stereocenters. The third-order valence-corrected chi connectivity index (χ3v) is 6.34. The van der Waals surface area contributed by atoms with Gasteiger partial charge in [0.05, 0.1) is 12.0 Å². The predicted octanol–water partition coefficient (Wildman–Crippen LogP) is 4.37. The Morgan fingerprint density at radius 3 is 2.46 bits per heavy atom. The molecule has 4 nitrogen and oxygen atoms in total. The van der Waals surface area contributed by atoms with Crippen molar-refractivity contribution >= 4 is 12.0 Å². The monoisotopic (exact) mass is 353 g/mol. The molecule has 0 unspecified atom stereocenters. The highest BCUT2D eigenvalue weighted by Crippen LogP contribution is 2.54. The van der Waals surface area contributed by atoms with Crippen molar-refractivity contribution < 1.29 is 14.3 Å². The zero-order chi connectivity index (χ0) is 18.6. The van der Waals surface area contributed by atoms with Crippen LogP contribution in [-0.2, 0) is 9.53 Å². The van der Waals surface area contributed by atoms with Gasteiger partial charge in [-0.25, -0.2) is 9.69 Å². The van der Waals surface area contributed by atoms with Crippen molar-refractivity contribution in [1.82, 2.24) is 4.90 Å². The van der Waals surface area contributed by atoms with Crippen molar-refractivity contribution in [3.05, 3.63) is 48.0 Å². The number of hydrogen-bond acceptors (Lipinski definition) is 3. The normalized spacial score (nSPS) is 34.6. The molecule has 0 radical (unpaired) electrons. The third-order valence-electron chi connectivity index (χ3n) is 6.34. The maximum absolute atomic E-state index is 13.6. The second kappa shape index (κ2) is 5.97. The van der Waals surface area contributed by atoms with Crippen LogP contribution in [0.15, 0.2) is 42.5 Å². The fourth-order valence-electron chi connectivity index (χ4n) is 5.54. The van der Waals surface area contributed by atoms with Crippen LogP contribution >= 0.6 is 0 Å². The minimum Gasteiger partial charge on any atom is -0.441 e. The van der Waals surface area contributed by atoms with Gasteiger partial charge in [0.25, 0.3) is 0 Å². The smallest absolute Gasteiger partial charge is 0.417 e. The summed E-state index contributed by atoms with van der Waals surface area (Å²) in [6, 6.07) is 10.0. The Kier molecular flexibility index (Phi) is 3.98. The van der Waals surface area contributed by atoms with Crippen molar-refractivity contribution in [1.29, 1.82) is 0 Å². The fraction of sp³-hybridized carbons (Fsp3) is 0.545. The zero-order valence-electron chi connectivity index (χ0n) is 15.9. The molecule has 0 aromatic heterocycles. The van der Waals surface area contributed by atoms with Crippen LogP contribution in [-0.4, -0.2) is 28.5 Å². The second-order valence-electron chi connectivity index (χ2n) is 8.78. The number of imide groups is 1. The molecule has 1 saturated carbocycles. The topological polar surface area (TPSA) is 46.6 Å². The summed E-state index contributed by atoms with van der Waals surface area (Å²) in [5, 5.41) is 0. The molecule has 2 aliphatic carbocycles. The number of allylic oxidation sites excluding steroid dienone is 2. The fourth-order valence-corrected chi connectivity index (χ4v) is 5.54. The molecule has 1 aliphatic heterocycles. The maximum Gasteiger partial charge on any atom is 0.417 e. The maximum atomic E-state index is 13.6. The molecule has 3 aliphatic rings. The van der Waals surface area contributed by atoms with Crippen LogP contribution in [0, 0.1) is 23.7 Å². The van der Waals surface area contributed by atoms with E-state index >= 15 is 0 Å². The lowest BCUT2D eigenvalue weighted by atomic mass is 9.77. The number of nitrogens with zero attached hydrogens (tertiary/aromatic N) is 1. The van der Waals surface area contributed by atoms with E-state index in [9.17, 15) is 9.59 Å². The van der Waals surface area contributed by atoms with Gasteiger partial charge in [0, 0.05) is 5.92 Å². The molecule has 1 saturated heterocycles. The van der Waals surface area contributed by atoms with E-state index in [4.69, 9.17) is 4.74 Å². The summed E-state index contributed by atoms with van der Waals surface area (Å²) in [7, 11) is 0. The summed E-state index contributed by atoms with van der Waals surface area (Å²) in [6.07, 6.45) is 4.92. The zero-order valence-corrected chi connectivity index (χ0v) is 15.9. The number of carbonyl (C=O) groups excluding carboxylic acids is 2. The molecule has 4 rings (SSSR count). The van der Waals surface area contributed by atoms with Gasteiger partial charge >= 0.3 is 6.09 Å². The highest BCUT2D eigenvalue weighted by atomic mass is 16.6. The third kappa shape index (κ3) is 2.50. The Morgan fingerprint density at radius 2 is 1.81 bits per heavy atom. The Balaban J connectivity index is 1.70. The molecule has 0 spiro atoms. The number of cyclic esters (lactones) is 1. The van der Waals surface area contributed by atoms with Crippen LogP contribution in [0.4, 0.5) is 4.79 Å².